The van der Waals surface area contributed by atoms with Crippen molar-refractivity contribution in [2.24, 2.45) is 0 Å². The molecule has 0 saturated heterocycles. The standard InChI is InChI=1S/C10H11NOS/c1-11(2)10(13)9(12)8-6-4-3-5-7-8/h3-7H,1-2H3/i12+1. The molecule has 0 unspecified atom stereocenters. The SMILES string of the molecule is CN(C)C(=S)C(=[17O])c1ccccc1. The highest BCUT2D eigenvalue weighted by atomic mass is 32.1. The molecule has 13 heavy (non-hydrogen) atoms. The molecule has 0 spiro atoms. The summed E-state index contributed by atoms with van der Waals surface area (Å²) in [5.74, 6) is -0.0967. The Hall–Kier alpha value is -1.22. The van der Waals surface area contributed by atoms with Crippen LogP contribution in [0.1, 0.15) is 10.4 Å². The Morgan fingerprint density at radius 3 is 2.23 bits per heavy atom. The number of nitrogens with zero attached hydrogens (tertiary/aromatic N) is 1. The van der Waals surface area contributed by atoms with Gasteiger partial charge in [0.15, 0.2) is 0 Å². The fourth-order valence-corrected chi connectivity index (χ4v) is 1.03. The molecule has 0 amide bonds. The molecule has 0 atom stereocenters. The van der Waals surface area contributed by atoms with Crippen LogP contribution in [0.2, 0.25) is 0 Å². The number of ketones is 1. The normalized spacial score (nSPS) is 9.38. The van der Waals surface area contributed by atoms with E-state index < -0.39 is 0 Å². The third-order valence-electron chi connectivity index (χ3n) is 1.64. The van der Waals surface area contributed by atoms with Crippen LogP contribution in [0.4, 0.5) is 0 Å². The van der Waals surface area contributed by atoms with Gasteiger partial charge in [-0.05, 0) is 0 Å². The van der Waals surface area contributed by atoms with Gasteiger partial charge in [0.1, 0.15) is 4.99 Å². The van der Waals surface area contributed by atoms with Crippen molar-refractivity contribution < 1.29 is 4.79 Å². The van der Waals surface area contributed by atoms with Gasteiger partial charge in [0, 0.05) is 19.7 Å². The highest BCUT2D eigenvalue weighted by Crippen LogP contribution is 2.02. The molecule has 0 radical (unpaired) electrons. The number of hydrogen-bond acceptors (Lipinski definition) is 2. The van der Waals surface area contributed by atoms with Crippen LogP contribution in [0, 0.1) is 0 Å². The quantitative estimate of drug-likeness (QED) is 0.528. The lowest BCUT2D eigenvalue weighted by Gasteiger charge is -2.11. The molecular formula is C10H11NOS. The van der Waals surface area contributed by atoms with Crippen molar-refractivity contribution in [2.75, 3.05) is 14.1 Å². The molecule has 0 aliphatic heterocycles. The Bertz CT molecular complexity index is 319. The highest BCUT2D eigenvalue weighted by Gasteiger charge is 2.12. The molecule has 0 N–H and O–H groups in total. The van der Waals surface area contributed by atoms with Crippen LogP contribution in [-0.2, 0) is 0 Å². The average molecular weight is 194 g/mol. The van der Waals surface area contributed by atoms with E-state index in [9.17, 15) is 4.79 Å². The second-order valence-corrected chi connectivity index (χ2v) is 3.28. The highest BCUT2D eigenvalue weighted by molar-refractivity contribution is 7.82. The van der Waals surface area contributed by atoms with E-state index in [1.54, 1.807) is 31.1 Å². The van der Waals surface area contributed by atoms with E-state index in [2.05, 4.69) is 0 Å². The summed E-state index contributed by atoms with van der Waals surface area (Å²) in [5.41, 5.74) is 0.640. The van der Waals surface area contributed by atoms with Gasteiger partial charge in [0.2, 0.25) is 5.78 Å². The largest absolute Gasteiger partial charge is 0.366 e. The maximum absolute atomic E-state index is 11.6. The van der Waals surface area contributed by atoms with E-state index in [4.69, 9.17) is 12.2 Å². The maximum Gasteiger partial charge on any atom is 0.220 e. The monoisotopic (exact) mass is 194 g/mol. The van der Waals surface area contributed by atoms with Crippen LogP contribution in [0.5, 0.6) is 0 Å². The molecular weight excluding hydrogens is 183 g/mol. The zero-order valence-electron chi connectivity index (χ0n) is 7.65. The molecule has 1 aromatic carbocycles. The Labute approximate surface area is 83.2 Å². The average Bonchev–Trinajstić information content (AvgIpc) is 2.17. The van der Waals surface area contributed by atoms with Gasteiger partial charge in [-0.15, -0.1) is 0 Å². The van der Waals surface area contributed by atoms with Gasteiger partial charge >= 0.3 is 0 Å². The molecule has 0 bridgehead atoms. The minimum Gasteiger partial charge on any atom is -0.366 e. The van der Waals surface area contributed by atoms with E-state index in [0.29, 0.717) is 10.6 Å². The predicted molar refractivity (Wildman–Crippen MR) is 57.1 cm³/mol. The minimum absolute atomic E-state index is 0.0967. The summed E-state index contributed by atoms with van der Waals surface area (Å²) >= 11 is 4.96. The van der Waals surface area contributed by atoms with Gasteiger partial charge in [-0.25, -0.2) is 0 Å². The summed E-state index contributed by atoms with van der Waals surface area (Å²) in [6.07, 6.45) is 0. The smallest absolute Gasteiger partial charge is 0.220 e. The summed E-state index contributed by atoms with van der Waals surface area (Å²) in [4.78, 5) is 13.6. The third kappa shape index (κ3) is 2.36. The summed E-state index contributed by atoms with van der Waals surface area (Å²) in [5, 5.41) is 0. The first-order valence-electron chi connectivity index (χ1n) is 3.94. The fourth-order valence-electron chi connectivity index (χ4n) is 0.916. The Balaban J connectivity index is 2.87. The van der Waals surface area contributed by atoms with Crippen LogP contribution in [0.15, 0.2) is 30.3 Å². The molecule has 1 aromatic rings. The zero-order valence-corrected chi connectivity index (χ0v) is 8.47. The number of rotatable bonds is 2. The van der Waals surface area contributed by atoms with Crippen molar-refractivity contribution in [3.8, 4) is 0 Å². The van der Waals surface area contributed by atoms with Crippen molar-refractivity contribution in [1.29, 1.82) is 0 Å². The van der Waals surface area contributed by atoms with E-state index in [-0.39, 0.29) is 5.78 Å². The topological polar surface area (TPSA) is 20.3 Å². The van der Waals surface area contributed by atoms with Crippen molar-refractivity contribution in [3.05, 3.63) is 35.9 Å². The summed E-state index contributed by atoms with van der Waals surface area (Å²) < 4.78 is 0. The molecule has 68 valence electrons. The second-order valence-electron chi connectivity index (χ2n) is 2.89. The zero-order chi connectivity index (χ0) is 9.84. The first kappa shape index (κ1) is 9.86. The Morgan fingerprint density at radius 2 is 1.77 bits per heavy atom. The summed E-state index contributed by atoms with van der Waals surface area (Å²) in [6.45, 7) is 0. The van der Waals surface area contributed by atoms with Crippen molar-refractivity contribution in [3.63, 3.8) is 0 Å². The molecule has 1 rings (SSSR count). The molecule has 0 heterocycles. The number of Topliss-reactive ketones (excluding diaryl/α,β-unsaturated/α-hetero) is 1. The third-order valence-corrected chi connectivity index (χ3v) is 2.19. The lowest BCUT2D eigenvalue weighted by atomic mass is 10.1. The number of likely N-dealkylation sites (N-methyl/N-ethyl adjacent to an activating group) is 1. The van der Waals surface area contributed by atoms with Crippen LogP contribution in [-0.4, -0.2) is 29.8 Å². The molecule has 2 nitrogen and oxygen atoms in total. The van der Waals surface area contributed by atoms with Crippen LogP contribution < -0.4 is 0 Å². The summed E-state index contributed by atoms with van der Waals surface area (Å²) in [7, 11) is 3.53. The maximum atomic E-state index is 11.6. The van der Waals surface area contributed by atoms with Gasteiger partial charge in [-0.1, -0.05) is 42.5 Å². The van der Waals surface area contributed by atoms with Crippen LogP contribution in [0.25, 0.3) is 0 Å². The van der Waals surface area contributed by atoms with Crippen molar-refractivity contribution in [2.45, 2.75) is 0 Å². The van der Waals surface area contributed by atoms with Gasteiger partial charge in [0.05, 0.1) is 0 Å². The van der Waals surface area contributed by atoms with Crippen LogP contribution >= 0.6 is 12.2 Å². The lowest BCUT2D eigenvalue weighted by molar-refractivity contribution is 0.105. The first-order valence-corrected chi connectivity index (χ1v) is 4.35. The number of carbonyl (C=O) groups excluding carboxylic acids is 1. The van der Waals surface area contributed by atoms with Crippen molar-refractivity contribution >= 4 is 23.0 Å². The molecule has 3 heteroatoms. The second kappa shape index (κ2) is 4.14. The molecule has 0 aromatic heterocycles. The predicted octanol–water partition coefficient (Wildman–Crippen LogP) is 1.76. The fraction of sp³-hybridized carbons (Fsp3) is 0.200. The van der Waals surface area contributed by atoms with Gasteiger partial charge < -0.3 is 4.90 Å². The summed E-state index contributed by atoms with van der Waals surface area (Å²) in [6, 6.07) is 9.04. The van der Waals surface area contributed by atoms with E-state index in [1.807, 2.05) is 18.2 Å². The van der Waals surface area contributed by atoms with E-state index >= 15 is 0 Å². The van der Waals surface area contributed by atoms with E-state index in [1.165, 1.54) is 0 Å². The molecule has 0 aliphatic rings. The van der Waals surface area contributed by atoms with Gasteiger partial charge in [-0.3, -0.25) is 4.79 Å². The number of carbonyl (C=O) groups is 1. The van der Waals surface area contributed by atoms with Gasteiger partial charge in [-0.2, -0.15) is 0 Å². The Kier molecular flexibility index (Phi) is 3.14. The number of hydrogen-bond donors (Lipinski definition) is 0. The van der Waals surface area contributed by atoms with E-state index in [0.717, 1.165) is 0 Å². The molecule has 0 aliphatic carbocycles. The number of benzene rings is 1. The lowest BCUT2D eigenvalue weighted by Crippen LogP contribution is -2.27. The first-order chi connectivity index (χ1) is 6.13. The van der Waals surface area contributed by atoms with Gasteiger partial charge in [0.25, 0.3) is 0 Å². The Morgan fingerprint density at radius 1 is 1.23 bits per heavy atom. The minimum atomic E-state index is -0.0967. The van der Waals surface area contributed by atoms with Crippen LogP contribution in [0.3, 0.4) is 0 Å². The number of thiocarbonyl (C=S) groups is 1. The molecule has 0 fully saturated rings. The molecule has 0 saturated carbocycles. The van der Waals surface area contributed by atoms with Crippen molar-refractivity contribution in [1.82, 2.24) is 4.90 Å².